The molecular formula is C19H21NO4. The zero-order chi connectivity index (χ0) is 17.4. The zero-order valence-corrected chi connectivity index (χ0v) is 14.0. The van der Waals surface area contributed by atoms with Gasteiger partial charge in [-0.05, 0) is 17.7 Å². The van der Waals surface area contributed by atoms with E-state index in [1.807, 2.05) is 42.5 Å². The summed E-state index contributed by atoms with van der Waals surface area (Å²) in [6.45, 7) is 0.421. The molecule has 0 unspecified atom stereocenters. The minimum atomic E-state index is -0.216. The van der Waals surface area contributed by atoms with Crippen LogP contribution in [0.1, 0.15) is 15.9 Å². The average molecular weight is 327 g/mol. The summed E-state index contributed by atoms with van der Waals surface area (Å²) in [7, 11) is 4.55. The molecule has 0 atom stereocenters. The summed E-state index contributed by atoms with van der Waals surface area (Å²) < 4.78 is 15.8. The Kier molecular flexibility index (Phi) is 6.25. The van der Waals surface area contributed by atoms with Crippen molar-refractivity contribution >= 4 is 12.0 Å². The molecule has 0 radical (unpaired) electrons. The molecule has 0 bridgehead atoms. The highest BCUT2D eigenvalue weighted by Crippen LogP contribution is 2.38. The minimum Gasteiger partial charge on any atom is -0.493 e. The number of hydrogen-bond acceptors (Lipinski definition) is 4. The smallest absolute Gasteiger partial charge is 0.251 e. The summed E-state index contributed by atoms with van der Waals surface area (Å²) in [6.07, 6.45) is 3.85. The molecule has 0 aliphatic rings. The van der Waals surface area contributed by atoms with E-state index in [2.05, 4.69) is 5.32 Å². The van der Waals surface area contributed by atoms with Gasteiger partial charge in [0.25, 0.3) is 5.91 Å². The van der Waals surface area contributed by atoms with Crippen molar-refractivity contribution in [2.75, 3.05) is 27.9 Å². The van der Waals surface area contributed by atoms with E-state index < -0.39 is 0 Å². The van der Waals surface area contributed by atoms with Gasteiger partial charge in [-0.15, -0.1) is 0 Å². The number of carbonyl (C=O) groups is 1. The molecule has 0 saturated carbocycles. The summed E-state index contributed by atoms with van der Waals surface area (Å²) in [5.74, 6) is 1.14. The molecule has 0 aliphatic heterocycles. The fourth-order valence-electron chi connectivity index (χ4n) is 2.23. The number of hydrogen-bond donors (Lipinski definition) is 1. The van der Waals surface area contributed by atoms with Gasteiger partial charge in [-0.1, -0.05) is 42.5 Å². The van der Waals surface area contributed by atoms with Gasteiger partial charge < -0.3 is 19.5 Å². The Balaban J connectivity index is 2.05. The molecular weight excluding hydrogens is 306 g/mol. The molecule has 0 heterocycles. The maximum absolute atomic E-state index is 12.3. The monoisotopic (exact) mass is 327 g/mol. The van der Waals surface area contributed by atoms with Crippen LogP contribution in [0, 0.1) is 0 Å². The molecule has 2 rings (SSSR count). The third kappa shape index (κ3) is 4.29. The number of nitrogens with one attached hydrogen (secondary N) is 1. The Morgan fingerprint density at radius 1 is 1.00 bits per heavy atom. The van der Waals surface area contributed by atoms with E-state index in [4.69, 9.17) is 14.2 Å². The number of rotatable bonds is 7. The van der Waals surface area contributed by atoms with Crippen LogP contribution < -0.4 is 19.5 Å². The maximum atomic E-state index is 12.3. The first-order valence-corrected chi connectivity index (χ1v) is 7.49. The molecule has 0 spiro atoms. The summed E-state index contributed by atoms with van der Waals surface area (Å²) in [6, 6.07) is 13.1. The van der Waals surface area contributed by atoms with Crippen molar-refractivity contribution in [2.45, 2.75) is 0 Å². The van der Waals surface area contributed by atoms with E-state index in [0.717, 1.165) is 5.56 Å². The molecule has 24 heavy (non-hydrogen) atoms. The standard InChI is InChI=1S/C19H21NO4/c1-22-16-12-15(13-17(23-2)18(16)24-3)19(21)20-11-7-10-14-8-5-4-6-9-14/h4-10,12-13H,11H2,1-3H3,(H,20,21). The van der Waals surface area contributed by atoms with Gasteiger partial charge in [0, 0.05) is 12.1 Å². The van der Waals surface area contributed by atoms with Crippen LogP contribution in [0.3, 0.4) is 0 Å². The molecule has 1 N–H and O–H groups in total. The normalized spacial score (nSPS) is 10.5. The number of benzene rings is 2. The van der Waals surface area contributed by atoms with Gasteiger partial charge in [0.2, 0.25) is 5.75 Å². The predicted molar refractivity (Wildman–Crippen MR) is 93.9 cm³/mol. The maximum Gasteiger partial charge on any atom is 0.251 e. The molecule has 126 valence electrons. The highest BCUT2D eigenvalue weighted by Gasteiger charge is 2.16. The van der Waals surface area contributed by atoms with Crippen molar-refractivity contribution < 1.29 is 19.0 Å². The lowest BCUT2D eigenvalue weighted by molar-refractivity contribution is 0.0957. The summed E-state index contributed by atoms with van der Waals surface area (Å²) in [5, 5.41) is 2.83. The molecule has 5 heteroatoms. The van der Waals surface area contributed by atoms with E-state index in [1.165, 1.54) is 21.3 Å². The number of amides is 1. The second kappa shape index (κ2) is 8.62. The Hall–Kier alpha value is -2.95. The van der Waals surface area contributed by atoms with Crippen molar-refractivity contribution in [3.8, 4) is 17.2 Å². The average Bonchev–Trinajstić information content (AvgIpc) is 2.64. The van der Waals surface area contributed by atoms with Gasteiger partial charge in [-0.3, -0.25) is 4.79 Å². The number of ether oxygens (including phenoxy) is 3. The van der Waals surface area contributed by atoms with Crippen molar-refractivity contribution in [2.24, 2.45) is 0 Å². The second-order valence-electron chi connectivity index (χ2n) is 4.94. The van der Waals surface area contributed by atoms with Crippen LogP contribution in [0.4, 0.5) is 0 Å². The molecule has 5 nitrogen and oxygen atoms in total. The van der Waals surface area contributed by atoms with E-state index in [1.54, 1.807) is 12.1 Å². The van der Waals surface area contributed by atoms with Crippen molar-refractivity contribution in [1.29, 1.82) is 0 Å². The topological polar surface area (TPSA) is 56.8 Å². The van der Waals surface area contributed by atoms with Crippen molar-refractivity contribution in [1.82, 2.24) is 5.32 Å². The largest absolute Gasteiger partial charge is 0.493 e. The number of methoxy groups -OCH3 is 3. The fraction of sp³-hybridized carbons (Fsp3) is 0.211. The van der Waals surface area contributed by atoms with E-state index in [0.29, 0.717) is 29.4 Å². The van der Waals surface area contributed by atoms with Gasteiger partial charge in [-0.2, -0.15) is 0 Å². The van der Waals surface area contributed by atoms with E-state index >= 15 is 0 Å². The number of carbonyl (C=O) groups excluding carboxylic acids is 1. The van der Waals surface area contributed by atoms with Gasteiger partial charge in [0.1, 0.15) is 0 Å². The molecule has 2 aromatic rings. The molecule has 1 amide bonds. The Morgan fingerprint density at radius 2 is 1.62 bits per heavy atom. The van der Waals surface area contributed by atoms with Crippen LogP contribution in [-0.2, 0) is 0 Å². The molecule has 0 fully saturated rings. The minimum absolute atomic E-state index is 0.216. The van der Waals surface area contributed by atoms with Crippen molar-refractivity contribution in [3.05, 3.63) is 59.7 Å². The first-order valence-electron chi connectivity index (χ1n) is 7.49. The zero-order valence-electron chi connectivity index (χ0n) is 14.0. The first-order chi connectivity index (χ1) is 11.7. The summed E-state index contributed by atoms with van der Waals surface area (Å²) >= 11 is 0. The van der Waals surface area contributed by atoms with Crippen LogP contribution in [0.25, 0.3) is 6.08 Å². The fourth-order valence-corrected chi connectivity index (χ4v) is 2.23. The summed E-state index contributed by atoms with van der Waals surface area (Å²) in [4.78, 5) is 12.3. The molecule has 0 saturated heterocycles. The highest BCUT2D eigenvalue weighted by molar-refractivity contribution is 5.95. The van der Waals surface area contributed by atoms with Crippen LogP contribution in [0.15, 0.2) is 48.5 Å². The SMILES string of the molecule is COc1cc(C(=O)NCC=Cc2ccccc2)cc(OC)c1OC. The Morgan fingerprint density at radius 3 is 2.17 bits per heavy atom. The van der Waals surface area contributed by atoms with Crippen LogP contribution in [0.2, 0.25) is 0 Å². The van der Waals surface area contributed by atoms with Gasteiger partial charge in [-0.25, -0.2) is 0 Å². The quantitative estimate of drug-likeness (QED) is 0.849. The van der Waals surface area contributed by atoms with Gasteiger partial charge in [0.05, 0.1) is 21.3 Å². The van der Waals surface area contributed by atoms with Crippen molar-refractivity contribution in [3.63, 3.8) is 0 Å². The Bertz CT molecular complexity index is 686. The van der Waals surface area contributed by atoms with E-state index in [9.17, 15) is 4.79 Å². The van der Waals surface area contributed by atoms with Crippen LogP contribution in [0.5, 0.6) is 17.2 Å². The third-order valence-corrected chi connectivity index (χ3v) is 3.42. The predicted octanol–water partition coefficient (Wildman–Crippen LogP) is 3.16. The lowest BCUT2D eigenvalue weighted by atomic mass is 10.1. The second-order valence-corrected chi connectivity index (χ2v) is 4.94. The van der Waals surface area contributed by atoms with Crippen LogP contribution in [-0.4, -0.2) is 33.8 Å². The van der Waals surface area contributed by atoms with E-state index in [-0.39, 0.29) is 5.91 Å². The lowest BCUT2D eigenvalue weighted by Gasteiger charge is -2.13. The lowest BCUT2D eigenvalue weighted by Crippen LogP contribution is -2.23. The van der Waals surface area contributed by atoms with Gasteiger partial charge in [0.15, 0.2) is 11.5 Å². The van der Waals surface area contributed by atoms with Crippen LogP contribution >= 0.6 is 0 Å². The highest BCUT2D eigenvalue weighted by atomic mass is 16.5. The van der Waals surface area contributed by atoms with Gasteiger partial charge >= 0.3 is 0 Å². The molecule has 2 aromatic carbocycles. The summed E-state index contributed by atoms with van der Waals surface area (Å²) in [5.41, 5.74) is 1.53. The molecule has 0 aliphatic carbocycles. The Labute approximate surface area is 141 Å². The molecule has 0 aromatic heterocycles. The third-order valence-electron chi connectivity index (χ3n) is 3.42. The first kappa shape index (κ1) is 17.4.